The van der Waals surface area contributed by atoms with Crippen molar-refractivity contribution in [1.29, 1.82) is 0 Å². The van der Waals surface area contributed by atoms with Crippen LogP contribution >= 0.6 is 0 Å². The third-order valence-corrected chi connectivity index (χ3v) is 5.31. The van der Waals surface area contributed by atoms with E-state index in [1.54, 1.807) is 35.5 Å². The third kappa shape index (κ3) is 4.40. The van der Waals surface area contributed by atoms with Crippen LogP contribution in [0.5, 0.6) is 5.88 Å². The Hall–Kier alpha value is -3.75. The van der Waals surface area contributed by atoms with E-state index in [2.05, 4.69) is 15.2 Å². The average molecular weight is 421 g/mol. The van der Waals surface area contributed by atoms with Crippen LogP contribution in [-0.4, -0.2) is 62.6 Å². The molecule has 9 nitrogen and oxygen atoms in total. The predicted octanol–water partition coefficient (Wildman–Crippen LogP) is 2.52. The number of esters is 1. The van der Waals surface area contributed by atoms with Gasteiger partial charge in [0.15, 0.2) is 0 Å². The summed E-state index contributed by atoms with van der Waals surface area (Å²) in [5.74, 6) is -0.230. The van der Waals surface area contributed by atoms with Crippen molar-refractivity contribution < 1.29 is 19.1 Å². The molecule has 3 heterocycles. The van der Waals surface area contributed by atoms with Crippen LogP contribution < -0.4 is 4.74 Å². The molecule has 31 heavy (non-hydrogen) atoms. The summed E-state index contributed by atoms with van der Waals surface area (Å²) < 4.78 is 10.8. The van der Waals surface area contributed by atoms with E-state index in [9.17, 15) is 9.59 Å². The van der Waals surface area contributed by atoms with Gasteiger partial charge in [0.25, 0.3) is 5.91 Å². The van der Waals surface area contributed by atoms with Crippen molar-refractivity contribution in [2.45, 2.75) is 31.9 Å². The van der Waals surface area contributed by atoms with Gasteiger partial charge in [0.2, 0.25) is 5.88 Å². The summed E-state index contributed by atoms with van der Waals surface area (Å²) in [6, 6.07) is 10.4. The Kier molecular flexibility index (Phi) is 5.92. The van der Waals surface area contributed by atoms with Crippen molar-refractivity contribution in [3.8, 4) is 11.6 Å². The van der Waals surface area contributed by atoms with E-state index in [0.717, 1.165) is 12.8 Å². The second-order valence-corrected chi connectivity index (χ2v) is 7.33. The van der Waals surface area contributed by atoms with Crippen LogP contribution in [0.2, 0.25) is 0 Å². The zero-order valence-corrected chi connectivity index (χ0v) is 17.3. The minimum Gasteiger partial charge on any atom is -0.472 e. The van der Waals surface area contributed by atoms with Crippen molar-refractivity contribution in [2.75, 3.05) is 13.7 Å². The number of carbonyl (C=O) groups excluding carboxylic acids is 2. The van der Waals surface area contributed by atoms with Gasteiger partial charge in [-0.15, -0.1) is 0 Å². The highest BCUT2D eigenvalue weighted by Gasteiger charge is 2.32. The lowest BCUT2D eigenvalue weighted by atomic mass is 9.99. The number of nitrogens with zero attached hydrogens (tertiary/aromatic N) is 5. The van der Waals surface area contributed by atoms with E-state index in [0.29, 0.717) is 29.2 Å². The number of likely N-dealkylation sites (tertiary alicyclic amines) is 1. The molecular formula is C22H23N5O4. The first-order chi connectivity index (χ1) is 15.1. The number of ether oxygens (including phenoxy) is 2. The molecule has 0 bridgehead atoms. The molecule has 9 heteroatoms. The topological polar surface area (TPSA) is 99.4 Å². The lowest BCUT2D eigenvalue weighted by molar-refractivity contribution is 0.0372. The number of aromatic nitrogens is 4. The van der Waals surface area contributed by atoms with Crippen LogP contribution in [0.1, 0.15) is 40.5 Å². The minimum absolute atomic E-state index is 0.0559. The van der Waals surface area contributed by atoms with E-state index >= 15 is 0 Å². The van der Waals surface area contributed by atoms with E-state index in [-0.39, 0.29) is 18.1 Å². The fourth-order valence-corrected chi connectivity index (χ4v) is 3.67. The number of pyridine rings is 1. The van der Waals surface area contributed by atoms with Crippen molar-refractivity contribution in [2.24, 2.45) is 0 Å². The van der Waals surface area contributed by atoms with Crippen LogP contribution in [0.25, 0.3) is 5.69 Å². The highest BCUT2D eigenvalue weighted by molar-refractivity contribution is 5.98. The fourth-order valence-electron chi connectivity index (χ4n) is 3.67. The molecule has 0 N–H and O–H groups in total. The van der Waals surface area contributed by atoms with Gasteiger partial charge in [-0.3, -0.25) is 4.79 Å². The Bertz CT molecular complexity index is 1070. The van der Waals surface area contributed by atoms with Crippen LogP contribution in [-0.2, 0) is 4.74 Å². The zero-order valence-electron chi connectivity index (χ0n) is 17.3. The molecule has 1 amide bonds. The number of benzene rings is 1. The molecule has 2 aromatic heterocycles. The van der Waals surface area contributed by atoms with Gasteiger partial charge in [-0.1, -0.05) is 12.1 Å². The number of methoxy groups -OCH3 is 1. The average Bonchev–Trinajstić information content (AvgIpc) is 3.34. The SMILES string of the molecule is COC(=O)c1ccnc(O[C@@H]2CC[C@@H](C)N(C(=O)c3ccccc3-n3nccn3)C2)c1. The molecule has 3 aromatic rings. The van der Waals surface area contributed by atoms with Gasteiger partial charge in [0, 0.05) is 18.3 Å². The standard InChI is InChI=1S/C22H23N5O4/c1-15-7-8-17(31-20-13-16(9-10-23-20)22(29)30-2)14-26(15)21(28)18-5-3-4-6-19(18)27-24-11-12-25-27/h3-6,9-13,15,17H,7-8,14H2,1-2H3/t15-,17-/m1/s1. The van der Waals surface area contributed by atoms with Gasteiger partial charge in [-0.2, -0.15) is 15.0 Å². The molecule has 1 saturated heterocycles. The van der Waals surface area contributed by atoms with E-state index in [1.165, 1.54) is 18.1 Å². The van der Waals surface area contributed by atoms with Crippen LogP contribution in [0.15, 0.2) is 55.0 Å². The molecule has 0 unspecified atom stereocenters. The molecule has 2 atom stereocenters. The van der Waals surface area contributed by atoms with Gasteiger partial charge in [-0.25, -0.2) is 9.78 Å². The summed E-state index contributed by atoms with van der Waals surface area (Å²) in [5.41, 5.74) is 1.52. The normalized spacial score (nSPS) is 18.5. The summed E-state index contributed by atoms with van der Waals surface area (Å²) >= 11 is 0. The molecule has 0 radical (unpaired) electrons. The molecule has 0 saturated carbocycles. The largest absolute Gasteiger partial charge is 0.472 e. The van der Waals surface area contributed by atoms with Gasteiger partial charge < -0.3 is 14.4 Å². The monoisotopic (exact) mass is 421 g/mol. The highest BCUT2D eigenvalue weighted by atomic mass is 16.5. The van der Waals surface area contributed by atoms with Gasteiger partial charge in [0.05, 0.1) is 42.9 Å². The van der Waals surface area contributed by atoms with Gasteiger partial charge >= 0.3 is 5.97 Å². The summed E-state index contributed by atoms with van der Waals surface area (Å²) in [6.07, 6.45) is 5.97. The molecule has 160 valence electrons. The number of carbonyl (C=O) groups is 2. The predicted molar refractivity (Wildman–Crippen MR) is 111 cm³/mol. The fraction of sp³-hybridized carbons (Fsp3) is 0.318. The van der Waals surface area contributed by atoms with E-state index < -0.39 is 5.97 Å². The number of hydrogen-bond donors (Lipinski definition) is 0. The number of amides is 1. The summed E-state index contributed by atoms with van der Waals surface area (Å²) in [4.78, 5) is 32.6. The van der Waals surface area contributed by atoms with Crippen LogP contribution in [0.3, 0.4) is 0 Å². The maximum Gasteiger partial charge on any atom is 0.338 e. The first-order valence-electron chi connectivity index (χ1n) is 10.0. The quantitative estimate of drug-likeness (QED) is 0.584. The third-order valence-electron chi connectivity index (χ3n) is 5.31. The molecular weight excluding hydrogens is 398 g/mol. The molecule has 1 aromatic carbocycles. The molecule has 0 aliphatic carbocycles. The maximum atomic E-state index is 13.4. The number of para-hydroxylation sites is 1. The first kappa shape index (κ1) is 20.5. The van der Waals surface area contributed by atoms with Crippen molar-refractivity contribution >= 4 is 11.9 Å². The maximum absolute atomic E-state index is 13.4. The number of piperidine rings is 1. The van der Waals surface area contributed by atoms with Crippen molar-refractivity contribution in [3.63, 3.8) is 0 Å². The van der Waals surface area contributed by atoms with Crippen LogP contribution in [0.4, 0.5) is 0 Å². The summed E-state index contributed by atoms with van der Waals surface area (Å²) in [7, 11) is 1.33. The number of rotatable bonds is 5. The first-order valence-corrected chi connectivity index (χ1v) is 10.0. The van der Waals surface area contributed by atoms with E-state index in [4.69, 9.17) is 9.47 Å². The second-order valence-electron chi connectivity index (χ2n) is 7.33. The van der Waals surface area contributed by atoms with E-state index in [1.807, 2.05) is 25.1 Å². The highest BCUT2D eigenvalue weighted by Crippen LogP contribution is 2.25. The molecule has 1 aliphatic rings. The van der Waals surface area contributed by atoms with Gasteiger partial charge in [0.1, 0.15) is 6.10 Å². The van der Waals surface area contributed by atoms with Crippen LogP contribution in [0, 0.1) is 0 Å². The molecule has 1 aliphatic heterocycles. The molecule has 1 fully saturated rings. The molecule has 0 spiro atoms. The second kappa shape index (κ2) is 8.95. The Morgan fingerprint density at radius 3 is 2.61 bits per heavy atom. The summed E-state index contributed by atoms with van der Waals surface area (Å²) in [5, 5.41) is 8.32. The van der Waals surface area contributed by atoms with Crippen molar-refractivity contribution in [1.82, 2.24) is 24.9 Å². The number of hydrogen-bond acceptors (Lipinski definition) is 7. The Balaban J connectivity index is 1.53. The smallest absolute Gasteiger partial charge is 0.338 e. The lowest BCUT2D eigenvalue weighted by Gasteiger charge is -2.38. The molecule has 4 rings (SSSR count). The Labute approximate surface area is 179 Å². The lowest BCUT2D eigenvalue weighted by Crippen LogP contribution is -2.49. The van der Waals surface area contributed by atoms with Gasteiger partial charge in [-0.05, 0) is 38.0 Å². The Morgan fingerprint density at radius 1 is 1.06 bits per heavy atom. The van der Waals surface area contributed by atoms with Crippen molar-refractivity contribution in [3.05, 3.63) is 66.1 Å². The Morgan fingerprint density at radius 2 is 1.84 bits per heavy atom. The zero-order chi connectivity index (χ0) is 21.8. The minimum atomic E-state index is -0.454. The summed E-state index contributed by atoms with van der Waals surface area (Å²) in [6.45, 7) is 2.43.